The van der Waals surface area contributed by atoms with E-state index in [0.717, 1.165) is 54.0 Å². The largest absolute Gasteiger partial charge is 0.494 e. The Bertz CT molecular complexity index is 2950. The fourth-order valence-electron chi connectivity index (χ4n) is 9.19. The lowest BCUT2D eigenvalue weighted by Gasteiger charge is -2.39. The number of carbonyl (C=O) groups excluding carboxylic acids is 3. The summed E-state index contributed by atoms with van der Waals surface area (Å²) in [4.78, 5) is 62.3. The third-order valence-corrected chi connectivity index (χ3v) is 15.1. The van der Waals surface area contributed by atoms with Gasteiger partial charge in [-0.15, -0.1) is 0 Å². The van der Waals surface area contributed by atoms with E-state index in [-0.39, 0.29) is 23.6 Å². The van der Waals surface area contributed by atoms with Crippen LogP contribution in [0.15, 0.2) is 77.9 Å². The number of carbonyl (C=O) groups is 3. The summed E-state index contributed by atoms with van der Waals surface area (Å²) in [6.07, 6.45) is 11.1. The minimum Gasteiger partial charge on any atom is -0.494 e. The first-order valence-electron chi connectivity index (χ1n) is 22.4. The van der Waals surface area contributed by atoms with E-state index in [9.17, 15) is 18.9 Å². The molecule has 3 aliphatic rings. The number of nitrogens with one attached hydrogen (secondary N) is 4. The van der Waals surface area contributed by atoms with E-state index < -0.39 is 13.2 Å². The summed E-state index contributed by atoms with van der Waals surface area (Å²) in [6, 6.07) is 13.0. The molecule has 9 rings (SSSR count). The standard InChI is InChI=1S/C47H52BrClN13O5P/c1-59-26-29(24-53-59)32-22-38(56-47-52-25-33(48)45(58-47)55-36-8-7-35-43(51-14-13-50-35)44(36)68(3,4)66)40(67-2)23-39(32)61-17-19-62(20-18-61)42(64)27-60-15-11-28(12-16-60)31-6-5-30(21-34(31)49)54-37-9-10-41(63)57-46(37)65/h5-8,13-14,21-26,28,37,54H,9-12,15-20,27H2,1-4H3,(H,57,63,65)(H2,52,55,56,58). The van der Waals surface area contributed by atoms with E-state index >= 15 is 0 Å². The van der Waals surface area contributed by atoms with Crippen LogP contribution < -0.4 is 36.2 Å². The van der Waals surface area contributed by atoms with Crippen LogP contribution in [0.4, 0.5) is 34.5 Å². The molecule has 0 saturated carbocycles. The number of fused-ring (bicyclic) bond motifs is 1. The highest BCUT2D eigenvalue weighted by molar-refractivity contribution is 9.10. The van der Waals surface area contributed by atoms with E-state index in [4.69, 9.17) is 21.3 Å². The fourth-order valence-corrected chi connectivity index (χ4v) is 11.2. The molecule has 68 heavy (non-hydrogen) atoms. The van der Waals surface area contributed by atoms with Gasteiger partial charge in [-0.2, -0.15) is 10.1 Å². The lowest BCUT2D eigenvalue weighted by Crippen LogP contribution is -2.52. The number of rotatable bonds is 13. The Labute approximate surface area is 407 Å². The lowest BCUT2D eigenvalue weighted by atomic mass is 9.89. The highest BCUT2D eigenvalue weighted by Gasteiger charge is 2.30. The molecule has 0 aliphatic carbocycles. The van der Waals surface area contributed by atoms with Crippen molar-refractivity contribution in [3.05, 3.63) is 88.5 Å². The topological polar surface area (TPSA) is 205 Å². The fraction of sp³-hybridized carbons (Fsp3) is 0.362. The van der Waals surface area contributed by atoms with Crippen molar-refractivity contribution in [1.29, 1.82) is 0 Å². The van der Waals surface area contributed by atoms with Crippen LogP contribution in [0.3, 0.4) is 0 Å². The van der Waals surface area contributed by atoms with Gasteiger partial charge in [-0.1, -0.05) is 17.7 Å². The van der Waals surface area contributed by atoms with Crippen LogP contribution >= 0.6 is 34.7 Å². The number of hydrogen-bond acceptors (Lipinski definition) is 15. The number of amides is 3. The number of halogens is 2. The molecule has 3 aliphatic heterocycles. The van der Waals surface area contributed by atoms with Gasteiger partial charge < -0.3 is 35.1 Å². The van der Waals surface area contributed by atoms with Crippen molar-refractivity contribution in [2.75, 3.05) is 87.1 Å². The van der Waals surface area contributed by atoms with Crippen LogP contribution in [0.1, 0.15) is 37.2 Å². The second-order valence-corrected chi connectivity index (χ2v) is 22.1. The van der Waals surface area contributed by atoms with Gasteiger partial charge in [0.25, 0.3) is 0 Å². The number of piperidine rings is 2. The molecule has 6 heterocycles. The van der Waals surface area contributed by atoms with Crippen LogP contribution in [0, 0.1) is 0 Å². The second-order valence-electron chi connectivity index (χ2n) is 17.7. The van der Waals surface area contributed by atoms with E-state index in [1.807, 2.05) is 66.8 Å². The van der Waals surface area contributed by atoms with Crippen molar-refractivity contribution < 1.29 is 23.7 Å². The number of likely N-dealkylation sites (tertiary alicyclic amines) is 1. The predicted molar refractivity (Wildman–Crippen MR) is 269 cm³/mol. The number of imide groups is 1. The molecule has 1 atom stereocenters. The molecule has 1 unspecified atom stereocenters. The predicted octanol–water partition coefficient (Wildman–Crippen LogP) is 6.73. The van der Waals surface area contributed by atoms with E-state index in [0.29, 0.717) is 100 Å². The maximum absolute atomic E-state index is 13.7. The smallest absolute Gasteiger partial charge is 0.249 e. The third-order valence-electron chi connectivity index (χ3n) is 12.7. The first-order valence-corrected chi connectivity index (χ1v) is 26.2. The van der Waals surface area contributed by atoms with Gasteiger partial charge in [-0.25, -0.2) is 4.98 Å². The molecular formula is C47H52BrClN13O5P. The van der Waals surface area contributed by atoms with Crippen molar-refractivity contribution in [3.8, 4) is 16.9 Å². The van der Waals surface area contributed by atoms with Gasteiger partial charge in [0.1, 0.15) is 30.3 Å². The SMILES string of the molecule is COc1cc(N2CCN(C(=O)CN3CCC(c4ccc(NC5CCC(=O)NC5=O)cc4Cl)CC3)CC2)c(-c2cnn(C)c2)cc1Nc1ncc(Br)c(Nc2ccc3nccnc3c2P(C)(C)=O)n1. The van der Waals surface area contributed by atoms with Crippen LogP contribution in [-0.2, 0) is 26.0 Å². The van der Waals surface area contributed by atoms with Crippen LogP contribution in [0.5, 0.6) is 5.75 Å². The Kier molecular flexibility index (Phi) is 13.7. The summed E-state index contributed by atoms with van der Waals surface area (Å²) < 4.78 is 21.9. The quantitative estimate of drug-likeness (QED) is 0.0700. The first-order chi connectivity index (χ1) is 32.7. The van der Waals surface area contributed by atoms with Gasteiger partial charge in [0.05, 0.1) is 46.5 Å². The number of nitrogens with zero attached hydrogens (tertiary/aromatic N) is 9. The highest BCUT2D eigenvalue weighted by atomic mass is 79.9. The zero-order chi connectivity index (χ0) is 47.7. The number of benzene rings is 3. The van der Waals surface area contributed by atoms with E-state index in [2.05, 4.69) is 67.0 Å². The van der Waals surface area contributed by atoms with Gasteiger partial charge in [0, 0.05) is 98.0 Å². The lowest BCUT2D eigenvalue weighted by molar-refractivity contribution is -0.134. The summed E-state index contributed by atoms with van der Waals surface area (Å²) >= 11 is 10.4. The maximum Gasteiger partial charge on any atom is 0.249 e. The minimum absolute atomic E-state index is 0.113. The summed E-state index contributed by atoms with van der Waals surface area (Å²) in [5, 5.41) is 18.0. The Balaban J connectivity index is 0.848. The molecule has 0 radical (unpaired) electrons. The molecule has 3 aromatic carbocycles. The molecule has 21 heteroatoms. The van der Waals surface area contributed by atoms with Crippen molar-refractivity contribution in [2.24, 2.45) is 7.05 Å². The Morgan fingerprint density at radius 1 is 0.941 bits per heavy atom. The molecule has 3 saturated heterocycles. The Morgan fingerprint density at radius 2 is 1.72 bits per heavy atom. The molecule has 4 N–H and O–H groups in total. The van der Waals surface area contributed by atoms with Crippen LogP contribution in [-0.4, -0.2) is 130 Å². The highest BCUT2D eigenvalue weighted by Crippen LogP contribution is 2.43. The van der Waals surface area contributed by atoms with E-state index in [1.165, 1.54) is 0 Å². The van der Waals surface area contributed by atoms with Gasteiger partial charge in [0.15, 0.2) is 0 Å². The molecular weight excluding hydrogens is 973 g/mol. The summed E-state index contributed by atoms with van der Waals surface area (Å²) in [7, 11) is 0.678. The number of aryl methyl sites for hydroxylation is 1. The molecule has 3 amide bonds. The van der Waals surface area contributed by atoms with Crippen LogP contribution in [0.25, 0.3) is 22.2 Å². The normalized spacial score (nSPS) is 17.3. The van der Waals surface area contributed by atoms with Crippen LogP contribution in [0.2, 0.25) is 5.02 Å². The minimum atomic E-state index is -2.82. The molecule has 6 aromatic rings. The zero-order valence-electron chi connectivity index (χ0n) is 38.1. The first kappa shape index (κ1) is 46.9. The number of aromatic nitrogens is 6. The average Bonchev–Trinajstić information content (AvgIpc) is 3.76. The van der Waals surface area contributed by atoms with Crippen molar-refractivity contribution in [2.45, 2.75) is 37.6 Å². The molecule has 354 valence electrons. The number of piperazine rings is 1. The monoisotopic (exact) mass is 1020 g/mol. The van der Waals surface area contributed by atoms with Gasteiger partial charge in [0.2, 0.25) is 23.7 Å². The molecule has 18 nitrogen and oxygen atoms in total. The summed E-state index contributed by atoms with van der Waals surface area (Å²) in [5.74, 6) is 1.13. The van der Waals surface area contributed by atoms with Crippen molar-refractivity contribution in [1.82, 2.24) is 44.8 Å². The van der Waals surface area contributed by atoms with Gasteiger partial charge in [-0.05, 0) is 103 Å². The second kappa shape index (κ2) is 19.8. The summed E-state index contributed by atoms with van der Waals surface area (Å²) in [6.45, 7) is 7.72. The van der Waals surface area contributed by atoms with Gasteiger partial charge >= 0.3 is 0 Å². The molecule has 3 fully saturated rings. The Hall–Kier alpha value is -6.14. The molecule has 0 spiro atoms. The summed E-state index contributed by atoms with van der Waals surface area (Å²) in [5.41, 5.74) is 7.04. The average molecular weight is 1030 g/mol. The van der Waals surface area contributed by atoms with Gasteiger partial charge in [-0.3, -0.25) is 39.3 Å². The third kappa shape index (κ3) is 10.3. The Morgan fingerprint density at radius 3 is 2.43 bits per heavy atom. The number of methoxy groups -OCH3 is 1. The van der Waals surface area contributed by atoms with Crippen molar-refractivity contribution in [3.63, 3.8) is 0 Å². The van der Waals surface area contributed by atoms with E-state index in [1.54, 1.807) is 43.7 Å². The maximum atomic E-state index is 13.7. The zero-order valence-corrected chi connectivity index (χ0v) is 41.4. The number of ether oxygens (including phenoxy) is 1. The van der Waals surface area contributed by atoms with Crippen molar-refractivity contribution >= 4 is 103 Å². The molecule has 3 aromatic heterocycles. The number of hydrogen-bond donors (Lipinski definition) is 4. The number of anilines is 6. The molecule has 0 bridgehead atoms.